The van der Waals surface area contributed by atoms with E-state index in [1.807, 2.05) is 12.1 Å². The van der Waals surface area contributed by atoms with Crippen molar-refractivity contribution >= 4 is 34.9 Å². The smallest absolute Gasteiger partial charge is 0.451 e. The SMILES string of the molecule is N#Cc1ccc(CCNC(=O)C2CCCN2c2cc(N3CCC(CCNc4c(NCCC(=O)O)c(=O)c4=O)CC3)nc(C(F)(F)F)n2)cc1. The molecule has 4 N–H and O–H groups in total. The molecule has 3 heterocycles. The van der Waals surface area contributed by atoms with Crippen molar-refractivity contribution in [3.05, 3.63) is 67.7 Å². The third-order valence-corrected chi connectivity index (χ3v) is 8.94. The Hall–Kier alpha value is -5.20. The Morgan fingerprint density at radius 3 is 2.22 bits per heavy atom. The van der Waals surface area contributed by atoms with Gasteiger partial charge in [0.05, 0.1) is 18.1 Å². The molecule has 3 aromatic rings. The number of halogens is 3. The van der Waals surface area contributed by atoms with Crippen molar-refractivity contribution in [2.45, 2.75) is 57.2 Å². The van der Waals surface area contributed by atoms with Gasteiger partial charge in [-0.2, -0.15) is 18.4 Å². The van der Waals surface area contributed by atoms with Gasteiger partial charge in [0.25, 0.3) is 10.9 Å². The molecule has 1 aromatic heterocycles. The van der Waals surface area contributed by atoms with Gasteiger partial charge in [0.1, 0.15) is 29.1 Å². The molecular weight excluding hydrogens is 645 g/mol. The number of anilines is 4. The highest BCUT2D eigenvalue weighted by Crippen LogP contribution is 2.34. The second-order valence-electron chi connectivity index (χ2n) is 12.2. The molecule has 0 bridgehead atoms. The van der Waals surface area contributed by atoms with Gasteiger partial charge in [0.2, 0.25) is 11.7 Å². The summed E-state index contributed by atoms with van der Waals surface area (Å²) in [5.74, 6) is -2.19. The number of carboxylic acids is 1. The second-order valence-corrected chi connectivity index (χ2v) is 12.2. The first-order valence-corrected chi connectivity index (χ1v) is 16.2. The van der Waals surface area contributed by atoms with Gasteiger partial charge in [-0.3, -0.25) is 19.2 Å². The number of amides is 1. The van der Waals surface area contributed by atoms with Crippen molar-refractivity contribution in [1.82, 2.24) is 15.3 Å². The van der Waals surface area contributed by atoms with Gasteiger partial charge in [-0.05, 0) is 62.1 Å². The fraction of sp³-hybridized carbons (Fsp3) is 0.485. The van der Waals surface area contributed by atoms with Crippen LogP contribution in [0.4, 0.5) is 36.2 Å². The number of hydrogen-bond donors (Lipinski definition) is 4. The standard InChI is InChI=1S/C33H37F3N8O5/c34-33(35,36)32-41-24(43-16-10-21(11-17-43)7-12-38-27-28(30(48)29(27)47)39-14-9-26(45)46)18-25(42-32)44-15-1-2-23(44)31(49)40-13-8-20-3-5-22(19-37)6-4-20/h3-6,18,21,23,38-39H,1-2,7-17H2,(H,40,49)(H,45,46). The van der Waals surface area contributed by atoms with Crippen LogP contribution in [-0.4, -0.2) is 72.3 Å². The maximum Gasteiger partial charge on any atom is 0.451 e. The van der Waals surface area contributed by atoms with Crippen molar-refractivity contribution in [2.24, 2.45) is 5.92 Å². The number of aromatic nitrogens is 2. The minimum absolute atomic E-state index is 0.0146. The number of aliphatic carboxylic acids is 1. The van der Waals surface area contributed by atoms with Gasteiger partial charge in [-0.1, -0.05) is 12.1 Å². The monoisotopic (exact) mass is 682 g/mol. The Bertz CT molecular complexity index is 1760. The summed E-state index contributed by atoms with van der Waals surface area (Å²) in [6.45, 7) is 2.00. The summed E-state index contributed by atoms with van der Waals surface area (Å²) in [5, 5.41) is 26.3. The van der Waals surface area contributed by atoms with Crippen LogP contribution in [-0.2, 0) is 22.2 Å². The van der Waals surface area contributed by atoms with E-state index in [4.69, 9.17) is 10.4 Å². The first-order valence-electron chi connectivity index (χ1n) is 16.2. The topological polar surface area (TPSA) is 181 Å². The van der Waals surface area contributed by atoms with Crippen LogP contribution < -0.4 is 36.6 Å². The Morgan fingerprint density at radius 1 is 0.939 bits per heavy atom. The number of rotatable bonds is 14. The Kier molecular flexibility index (Phi) is 11.0. The van der Waals surface area contributed by atoms with Gasteiger partial charge < -0.3 is 30.9 Å². The minimum Gasteiger partial charge on any atom is -0.481 e. The van der Waals surface area contributed by atoms with E-state index < -0.39 is 34.9 Å². The molecule has 49 heavy (non-hydrogen) atoms. The normalized spacial score (nSPS) is 16.8. The molecule has 2 aliphatic heterocycles. The van der Waals surface area contributed by atoms with Crippen LogP contribution in [0.2, 0.25) is 0 Å². The second kappa shape index (κ2) is 15.3. The molecule has 0 radical (unpaired) electrons. The number of carbonyl (C=O) groups is 2. The molecule has 1 amide bonds. The first-order chi connectivity index (χ1) is 23.4. The summed E-state index contributed by atoms with van der Waals surface area (Å²) < 4.78 is 41.9. The third-order valence-electron chi connectivity index (χ3n) is 8.94. The molecule has 2 fully saturated rings. The largest absolute Gasteiger partial charge is 0.481 e. The number of carbonyl (C=O) groups excluding carboxylic acids is 1. The quantitative estimate of drug-likeness (QED) is 0.183. The molecule has 1 atom stereocenters. The summed E-state index contributed by atoms with van der Waals surface area (Å²) in [5.41, 5.74) is 0.354. The Morgan fingerprint density at radius 2 is 1.59 bits per heavy atom. The van der Waals surface area contributed by atoms with Gasteiger partial charge in [-0.15, -0.1) is 0 Å². The summed E-state index contributed by atoms with van der Waals surface area (Å²) >= 11 is 0. The van der Waals surface area contributed by atoms with Gasteiger partial charge in [0, 0.05) is 45.3 Å². The molecule has 5 rings (SSSR count). The average molecular weight is 683 g/mol. The van der Waals surface area contributed by atoms with Crippen molar-refractivity contribution in [1.29, 1.82) is 5.26 Å². The minimum atomic E-state index is -4.79. The summed E-state index contributed by atoms with van der Waals surface area (Å²) in [4.78, 5) is 58.8. The lowest BCUT2D eigenvalue weighted by atomic mass is 9.93. The summed E-state index contributed by atoms with van der Waals surface area (Å²) in [6.07, 6.45) is -1.40. The van der Waals surface area contributed by atoms with Crippen molar-refractivity contribution in [2.75, 3.05) is 59.7 Å². The van der Waals surface area contributed by atoms with Crippen LogP contribution in [0, 0.1) is 17.2 Å². The van der Waals surface area contributed by atoms with Gasteiger partial charge in [0.15, 0.2) is 0 Å². The predicted molar refractivity (Wildman–Crippen MR) is 175 cm³/mol. The van der Waals surface area contributed by atoms with Crippen LogP contribution >= 0.6 is 0 Å². The molecule has 1 unspecified atom stereocenters. The number of piperidine rings is 1. The summed E-state index contributed by atoms with van der Waals surface area (Å²) in [6, 6.07) is 9.92. The van der Waals surface area contributed by atoms with E-state index >= 15 is 0 Å². The van der Waals surface area contributed by atoms with E-state index in [1.54, 1.807) is 21.9 Å². The first kappa shape index (κ1) is 35.1. The number of nitriles is 1. The number of benzene rings is 1. The van der Waals surface area contributed by atoms with Crippen molar-refractivity contribution in [3.63, 3.8) is 0 Å². The molecule has 0 aliphatic carbocycles. The van der Waals surface area contributed by atoms with E-state index in [0.29, 0.717) is 76.8 Å². The number of nitrogens with zero attached hydrogens (tertiary/aromatic N) is 5. The van der Waals surface area contributed by atoms with E-state index in [1.165, 1.54) is 6.07 Å². The van der Waals surface area contributed by atoms with Crippen LogP contribution in [0.1, 0.15) is 55.5 Å². The fourth-order valence-corrected chi connectivity index (χ4v) is 6.24. The number of nitrogens with one attached hydrogen (secondary N) is 3. The van der Waals surface area contributed by atoms with E-state index in [9.17, 15) is 32.3 Å². The average Bonchev–Trinajstić information content (AvgIpc) is 3.59. The molecular formula is C33H37F3N8O5. The highest BCUT2D eigenvalue weighted by molar-refractivity contribution is 5.85. The lowest BCUT2D eigenvalue weighted by molar-refractivity contribution is -0.144. The molecule has 2 aliphatic rings. The molecule has 260 valence electrons. The lowest BCUT2D eigenvalue weighted by Crippen LogP contribution is -2.44. The van der Waals surface area contributed by atoms with E-state index in [2.05, 4.69) is 32.0 Å². The predicted octanol–water partition coefficient (Wildman–Crippen LogP) is 2.90. The fourth-order valence-electron chi connectivity index (χ4n) is 6.24. The number of hydrogen-bond acceptors (Lipinski definition) is 11. The zero-order chi connectivity index (χ0) is 35.1. The lowest BCUT2D eigenvalue weighted by Gasteiger charge is -2.34. The van der Waals surface area contributed by atoms with Crippen LogP contribution in [0.25, 0.3) is 0 Å². The third kappa shape index (κ3) is 8.64. The Labute approximate surface area is 279 Å². The number of alkyl halides is 3. The zero-order valence-electron chi connectivity index (χ0n) is 26.7. The Balaban J connectivity index is 1.17. The molecule has 2 saturated heterocycles. The van der Waals surface area contributed by atoms with Crippen molar-refractivity contribution < 1.29 is 27.9 Å². The zero-order valence-corrected chi connectivity index (χ0v) is 26.7. The maximum atomic E-state index is 14.0. The highest BCUT2D eigenvalue weighted by Gasteiger charge is 2.39. The van der Waals surface area contributed by atoms with Gasteiger partial charge >= 0.3 is 12.1 Å². The van der Waals surface area contributed by atoms with Gasteiger partial charge in [-0.25, -0.2) is 9.97 Å². The molecule has 0 saturated carbocycles. The maximum absolute atomic E-state index is 14.0. The molecule has 0 spiro atoms. The highest BCUT2D eigenvalue weighted by atomic mass is 19.4. The van der Waals surface area contributed by atoms with E-state index in [0.717, 1.165) is 5.56 Å². The summed E-state index contributed by atoms with van der Waals surface area (Å²) in [7, 11) is 0. The van der Waals surface area contributed by atoms with Crippen molar-refractivity contribution in [3.8, 4) is 6.07 Å². The van der Waals surface area contributed by atoms with Crippen LogP contribution in [0.3, 0.4) is 0 Å². The van der Waals surface area contributed by atoms with Crippen LogP contribution in [0.5, 0.6) is 0 Å². The molecule has 16 heteroatoms. The van der Waals surface area contributed by atoms with E-state index in [-0.39, 0.29) is 47.8 Å². The molecule has 2 aromatic carbocycles. The number of carboxylic acid groups (broad SMARTS) is 1. The van der Waals surface area contributed by atoms with Crippen LogP contribution in [0.15, 0.2) is 39.9 Å². The molecule has 13 nitrogen and oxygen atoms in total.